The molecule has 0 spiro atoms. The van der Waals surface area contributed by atoms with Gasteiger partial charge in [-0.1, -0.05) is 0 Å². The molecule has 7 nitrogen and oxygen atoms in total. The van der Waals surface area contributed by atoms with Gasteiger partial charge in [0, 0.05) is 31.1 Å². The van der Waals surface area contributed by atoms with E-state index in [1.54, 1.807) is 32.4 Å². The lowest BCUT2D eigenvalue weighted by atomic mass is 10.0. The van der Waals surface area contributed by atoms with Crippen molar-refractivity contribution in [2.45, 2.75) is 31.7 Å². The van der Waals surface area contributed by atoms with Gasteiger partial charge in [0.1, 0.15) is 0 Å². The van der Waals surface area contributed by atoms with Crippen LogP contribution in [0.3, 0.4) is 0 Å². The van der Waals surface area contributed by atoms with Crippen molar-refractivity contribution < 1.29 is 19.1 Å². The van der Waals surface area contributed by atoms with Crippen molar-refractivity contribution in [2.24, 2.45) is 0 Å². The van der Waals surface area contributed by atoms with Crippen LogP contribution in [0, 0.1) is 0 Å². The van der Waals surface area contributed by atoms with E-state index in [-0.39, 0.29) is 30.3 Å². The monoisotopic (exact) mass is 399 g/mol. The van der Waals surface area contributed by atoms with Crippen LogP contribution in [-0.4, -0.2) is 63.7 Å². The molecular weight excluding hydrogens is 370 g/mol. The molecule has 1 heterocycles. The van der Waals surface area contributed by atoms with Crippen LogP contribution < -0.4 is 20.1 Å². The van der Waals surface area contributed by atoms with E-state index in [1.165, 1.54) is 0 Å². The van der Waals surface area contributed by atoms with Gasteiger partial charge in [0.05, 0.1) is 14.2 Å². The van der Waals surface area contributed by atoms with E-state index < -0.39 is 0 Å². The van der Waals surface area contributed by atoms with E-state index in [2.05, 4.69) is 10.6 Å². The number of carbonyl (C=O) groups excluding carboxylic acids is 2. The predicted molar refractivity (Wildman–Crippen MR) is 107 cm³/mol. The molecule has 0 unspecified atom stereocenters. The summed E-state index contributed by atoms with van der Waals surface area (Å²) in [5.74, 6) is 1.21. The van der Waals surface area contributed by atoms with Gasteiger partial charge in [-0.05, 0) is 51.1 Å². The van der Waals surface area contributed by atoms with Crippen molar-refractivity contribution >= 4 is 24.2 Å². The first-order valence-corrected chi connectivity index (χ1v) is 9.04. The summed E-state index contributed by atoms with van der Waals surface area (Å²) in [6.07, 6.45) is 2.91. The van der Waals surface area contributed by atoms with Crippen LogP contribution in [0.1, 0.15) is 36.0 Å². The molecular formula is C19H30ClN3O4. The Kier molecular flexibility index (Phi) is 9.96. The minimum absolute atomic E-state index is 0. The van der Waals surface area contributed by atoms with Crippen LogP contribution in [0.25, 0.3) is 0 Å². The molecule has 1 aliphatic heterocycles. The van der Waals surface area contributed by atoms with Gasteiger partial charge in [-0.3, -0.25) is 9.59 Å². The molecule has 2 N–H and O–H groups in total. The maximum Gasteiger partial charge on any atom is 0.253 e. The molecule has 2 amide bonds. The number of ether oxygens (including phenoxy) is 2. The maximum absolute atomic E-state index is 12.7. The highest BCUT2D eigenvalue weighted by Gasteiger charge is 2.25. The van der Waals surface area contributed by atoms with Crippen LogP contribution in [-0.2, 0) is 4.79 Å². The molecule has 1 fully saturated rings. The number of carbonyl (C=O) groups is 2. The van der Waals surface area contributed by atoms with Crippen LogP contribution >= 0.6 is 12.4 Å². The van der Waals surface area contributed by atoms with E-state index in [4.69, 9.17) is 9.47 Å². The summed E-state index contributed by atoms with van der Waals surface area (Å²) in [4.78, 5) is 26.4. The van der Waals surface area contributed by atoms with Gasteiger partial charge in [0.15, 0.2) is 11.5 Å². The molecule has 1 aromatic carbocycles. The Morgan fingerprint density at radius 1 is 1.15 bits per heavy atom. The molecule has 152 valence electrons. The minimum atomic E-state index is -0.0234. The largest absolute Gasteiger partial charge is 0.493 e. The lowest BCUT2D eigenvalue weighted by Crippen LogP contribution is -2.46. The molecule has 27 heavy (non-hydrogen) atoms. The highest BCUT2D eigenvalue weighted by molar-refractivity contribution is 5.95. The highest BCUT2D eigenvalue weighted by Crippen LogP contribution is 2.28. The summed E-state index contributed by atoms with van der Waals surface area (Å²) >= 11 is 0. The summed E-state index contributed by atoms with van der Waals surface area (Å²) in [6, 6.07) is 5.34. The molecule has 0 aliphatic carbocycles. The third-order valence-corrected chi connectivity index (χ3v) is 4.61. The van der Waals surface area contributed by atoms with Gasteiger partial charge in [0.25, 0.3) is 5.91 Å². The van der Waals surface area contributed by atoms with Gasteiger partial charge >= 0.3 is 0 Å². The number of hydrogen-bond donors (Lipinski definition) is 2. The molecule has 0 aromatic heterocycles. The minimum Gasteiger partial charge on any atom is -0.493 e. The molecule has 0 atom stereocenters. The number of methoxy groups -OCH3 is 2. The maximum atomic E-state index is 12.7. The number of likely N-dealkylation sites (tertiary alicyclic amines) is 1. The quantitative estimate of drug-likeness (QED) is 0.652. The Bertz CT molecular complexity index is 619. The molecule has 2 rings (SSSR count). The zero-order valence-electron chi connectivity index (χ0n) is 16.2. The first kappa shape index (κ1) is 23.0. The molecule has 8 heteroatoms. The number of benzene rings is 1. The van der Waals surface area contributed by atoms with Crippen molar-refractivity contribution in [3.63, 3.8) is 0 Å². The van der Waals surface area contributed by atoms with Crippen molar-refractivity contribution in [2.75, 3.05) is 40.9 Å². The van der Waals surface area contributed by atoms with Crippen molar-refractivity contribution in [3.05, 3.63) is 23.8 Å². The van der Waals surface area contributed by atoms with Gasteiger partial charge in [-0.2, -0.15) is 0 Å². The summed E-state index contributed by atoms with van der Waals surface area (Å²) < 4.78 is 10.5. The second-order valence-corrected chi connectivity index (χ2v) is 6.41. The highest BCUT2D eigenvalue weighted by atomic mass is 35.5. The third-order valence-electron chi connectivity index (χ3n) is 4.61. The van der Waals surface area contributed by atoms with Gasteiger partial charge in [0.2, 0.25) is 5.91 Å². The zero-order chi connectivity index (χ0) is 18.9. The second kappa shape index (κ2) is 11.7. The number of nitrogens with zero attached hydrogens (tertiary/aromatic N) is 1. The molecule has 1 aliphatic rings. The molecule has 0 saturated carbocycles. The van der Waals surface area contributed by atoms with Crippen molar-refractivity contribution in [1.29, 1.82) is 0 Å². The molecule has 1 aromatic rings. The average Bonchev–Trinajstić information content (AvgIpc) is 2.67. The average molecular weight is 400 g/mol. The Labute approximate surface area is 167 Å². The number of piperidine rings is 1. The summed E-state index contributed by atoms with van der Waals surface area (Å²) in [7, 11) is 5.00. The first-order valence-electron chi connectivity index (χ1n) is 9.04. The van der Waals surface area contributed by atoms with E-state index >= 15 is 0 Å². The fourth-order valence-corrected chi connectivity index (χ4v) is 3.10. The van der Waals surface area contributed by atoms with E-state index in [0.29, 0.717) is 36.6 Å². The van der Waals surface area contributed by atoms with Crippen molar-refractivity contribution in [3.8, 4) is 11.5 Å². The lowest BCUT2D eigenvalue weighted by Gasteiger charge is -2.32. The fraction of sp³-hybridized carbons (Fsp3) is 0.579. The van der Waals surface area contributed by atoms with Crippen LogP contribution in [0.2, 0.25) is 0 Å². The van der Waals surface area contributed by atoms with Crippen molar-refractivity contribution in [1.82, 2.24) is 15.5 Å². The van der Waals surface area contributed by atoms with Crippen LogP contribution in [0.5, 0.6) is 11.5 Å². The SMILES string of the molecule is CNCCCC(=O)NC1CCN(C(=O)c2ccc(OC)c(OC)c2)CC1.Cl. The Morgan fingerprint density at radius 3 is 2.41 bits per heavy atom. The third kappa shape index (κ3) is 6.59. The topological polar surface area (TPSA) is 79.9 Å². The van der Waals surface area contributed by atoms with E-state index in [9.17, 15) is 9.59 Å². The lowest BCUT2D eigenvalue weighted by molar-refractivity contribution is -0.122. The number of nitrogens with one attached hydrogen (secondary N) is 2. The van der Waals surface area contributed by atoms with E-state index in [0.717, 1.165) is 25.8 Å². The fourth-order valence-electron chi connectivity index (χ4n) is 3.10. The molecule has 0 radical (unpaired) electrons. The summed E-state index contributed by atoms with van der Waals surface area (Å²) in [5, 5.41) is 6.10. The Hall–Kier alpha value is -1.99. The predicted octanol–water partition coefficient (Wildman–Crippen LogP) is 1.85. The van der Waals surface area contributed by atoms with E-state index in [1.807, 2.05) is 11.9 Å². The van der Waals surface area contributed by atoms with Gasteiger partial charge < -0.3 is 25.0 Å². The second-order valence-electron chi connectivity index (χ2n) is 6.41. The number of amides is 2. The number of hydrogen-bond acceptors (Lipinski definition) is 5. The normalized spacial score (nSPS) is 14.3. The Morgan fingerprint density at radius 2 is 1.81 bits per heavy atom. The summed E-state index contributed by atoms with van der Waals surface area (Å²) in [6.45, 7) is 2.11. The van der Waals surface area contributed by atoms with Crippen LogP contribution in [0.4, 0.5) is 0 Å². The number of halogens is 1. The van der Waals surface area contributed by atoms with Gasteiger partial charge in [-0.15, -0.1) is 12.4 Å². The standard InChI is InChI=1S/C19H29N3O4.ClH/c1-20-10-4-5-18(23)21-15-8-11-22(12-9-15)19(24)14-6-7-16(25-2)17(13-14)26-3;/h6-7,13,15,20H,4-5,8-12H2,1-3H3,(H,21,23);1H. The smallest absolute Gasteiger partial charge is 0.253 e. The zero-order valence-corrected chi connectivity index (χ0v) is 17.1. The summed E-state index contributed by atoms with van der Waals surface area (Å²) in [5.41, 5.74) is 0.581. The number of rotatable bonds is 8. The van der Waals surface area contributed by atoms with Gasteiger partial charge in [-0.25, -0.2) is 0 Å². The molecule has 0 bridgehead atoms. The van der Waals surface area contributed by atoms with Crippen LogP contribution in [0.15, 0.2) is 18.2 Å². The molecule has 1 saturated heterocycles. The Balaban J connectivity index is 0.00000364. The first-order chi connectivity index (χ1) is 12.6.